The number of hydrogen-bond acceptors (Lipinski definition) is 8. The van der Waals surface area contributed by atoms with Gasteiger partial charge in [-0.2, -0.15) is 13.2 Å². The lowest BCUT2D eigenvalue weighted by molar-refractivity contribution is -0.138. The Kier molecular flexibility index (Phi) is 6.16. The average Bonchev–Trinajstić information content (AvgIpc) is 2.84. The molecule has 1 aliphatic rings. The van der Waals surface area contributed by atoms with E-state index in [1.807, 2.05) is 4.90 Å². The number of ether oxygens (including phenoxy) is 1. The topological polar surface area (TPSA) is 101 Å². The van der Waals surface area contributed by atoms with Gasteiger partial charge in [-0.05, 0) is 24.3 Å². The van der Waals surface area contributed by atoms with Gasteiger partial charge in [-0.25, -0.2) is 9.78 Å². The molecule has 9 nitrogen and oxygen atoms in total. The van der Waals surface area contributed by atoms with Gasteiger partial charge in [0.05, 0.1) is 17.3 Å². The quantitative estimate of drug-likeness (QED) is 0.550. The number of esters is 1. The summed E-state index contributed by atoms with van der Waals surface area (Å²) in [4.78, 5) is 35.7. The molecule has 1 aliphatic heterocycles. The molecular formula is C21H17F3N6O3. The van der Waals surface area contributed by atoms with Gasteiger partial charge in [-0.3, -0.25) is 9.78 Å². The number of aromatic nitrogens is 4. The number of amides is 1. The molecule has 12 heteroatoms. The smallest absolute Gasteiger partial charge is 0.401 e. The van der Waals surface area contributed by atoms with Gasteiger partial charge in [0.1, 0.15) is 0 Å². The molecule has 0 N–H and O–H groups in total. The highest BCUT2D eigenvalue weighted by Gasteiger charge is 2.36. The van der Waals surface area contributed by atoms with Crippen molar-refractivity contribution in [2.24, 2.45) is 0 Å². The van der Waals surface area contributed by atoms with Gasteiger partial charge in [0.15, 0.2) is 11.5 Å². The van der Waals surface area contributed by atoms with Gasteiger partial charge in [-0.1, -0.05) is 12.1 Å². The molecule has 0 unspecified atom stereocenters. The van der Waals surface area contributed by atoms with Crippen LogP contribution in [0.4, 0.5) is 19.0 Å². The summed E-state index contributed by atoms with van der Waals surface area (Å²) in [5.41, 5.74) is -1.35. The highest BCUT2D eigenvalue weighted by Crippen LogP contribution is 2.32. The van der Waals surface area contributed by atoms with E-state index in [2.05, 4.69) is 20.2 Å². The van der Waals surface area contributed by atoms with E-state index in [4.69, 9.17) is 4.74 Å². The van der Waals surface area contributed by atoms with E-state index in [0.717, 1.165) is 6.07 Å². The number of piperazine rings is 1. The number of carbonyl (C=O) groups is 2. The molecule has 2 aromatic heterocycles. The zero-order valence-electron chi connectivity index (χ0n) is 17.1. The largest absolute Gasteiger partial charge is 0.417 e. The van der Waals surface area contributed by atoms with Crippen LogP contribution in [0.5, 0.6) is 5.88 Å². The molecule has 0 bridgehead atoms. The Balaban J connectivity index is 1.37. The van der Waals surface area contributed by atoms with Crippen LogP contribution in [0.1, 0.15) is 26.4 Å². The Morgan fingerprint density at radius 1 is 0.939 bits per heavy atom. The van der Waals surface area contributed by atoms with Crippen molar-refractivity contribution in [1.82, 2.24) is 25.1 Å². The van der Waals surface area contributed by atoms with Crippen LogP contribution in [0.15, 0.2) is 55.0 Å². The minimum Gasteiger partial charge on any atom is -0.401 e. The summed E-state index contributed by atoms with van der Waals surface area (Å²) >= 11 is 0. The minimum absolute atomic E-state index is 0.0259. The molecule has 0 aliphatic carbocycles. The second-order valence-electron chi connectivity index (χ2n) is 7.03. The minimum atomic E-state index is -4.61. The Hall–Kier alpha value is -4.09. The molecule has 0 saturated carbocycles. The van der Waals surface area contributed by atoms with Crippen molar-refractivity contribution < 1.29 is 27.5 Å². The number of hydrogen-bond donors (Lipinski definition) is 0. The Labute approximate surface area is 185 Å². The van der Waals surface area contributed by atoms with Gasteiger partial charge in [-0.15, -0.1) is 10.2 Å². The summed E-state index contributed by atoms with van der Waals surface area (Å²) in [7, 11) is 0. The van der Waals surface area contributed by atoms with Crippen LogP contribution in [0, 0.1) is 0 Å². The van der Waals surface area contributed by atoms with Gasteiger partial charge < -0.3 is 14.5 Å². The lowest BCUT2D eigenvalue weighted by Crippen LogP contribution is -2.49. The summed E-state index contributed by atoms with van der Waals surface area (Å²) in [6.45, 7) is 1.11. The van der Waals surface area contributed by atoms with Crippen molar-refractivity contribution in [3.8, 4) is 5.88 Å². The SMILES string of the molecule is O=C(Oc1cnccn1)c1ccc(N2CCN(C(=O)c3ccccc3C(F)(F)F)CC2)nn1. The van der Waals surface area contributed by atoms with Crippen LogP contribution in [0.2, 0.25) is 0 Å². The lowest BCUT2D eigenvalue weighted by atomic mass is 10.1. The molecule has 1 amide bonds. The van der Waals surface area contributed by atoms with Crippen LogP contribution >= 0.6 is 0 Å². The van der Waals surface area contributed by atoms with Gasteiger partial charge in [0.2, 0.25) is 5.88 Å². The highest BCUT2D eigenvalue weighted by molar-refractivity contribution is 5.96. The van der Waals surface area contributed by atoms with Crippen molar-refractivity contribution in [3.63, 3.8) is 0 Å². The predicted octanol–water partition coefficient (Wildman–Crippen LogP) is 2.47. The fraction of sp³-hybridized carbons (Fsp3) is 0.238. The van der Waals surface area contributed by atoms with E-state index in [1.54, 1.807) is 6.07 Å². The van der Waals surface area contributed by atoms with E-state index < -0.39 is 23.6 Å². The standard InChI is InChI=1S/C21H17F3N6O3/c22-21(23,24)15-4-2-1-3-14(15)19(31)30-11-9-29(10-12-30)17-6-5-16(27-28-17)20(32)33-18-13-25-7-8-26-18/h1-8,13H,9-12H2. The fourth-order valence-electron chi connectivity index (χ4n) is 3.31. The molecule has 0 atom stereocenters. The summed E-state index contributed by atoms with van der Waals surface area (Å²) in [5.74, 6) is -0.917. The number of anilines is 1. The number of halogens is 3. The normalized spacial score (nSPS) is 14.2. The molecule has 4 rings (SSSR count). The number of benzene rings is 1. The van der Waals surface area contributed by atoms with Crippen molar-refractivity contribution in [3.05, 3.63) is 71.8 Å². The monoisotopic (exact) mass is 458 g/mol. The van der Waals surface area contributed by atoms with Gasteiger partial charge in [0.25, 0.3) is 5.91 Å². The molecule has 1 fully saturated rings. The molecule has 170 valence electrons. The Morgan fingerprint density at radius 2 is 1.70 bits per heavy atom. The van der Waals surface area contributed by atoms with E-state index in [-0.39, 0.29) is 30.2 Å². The van der Waals surface area contributed by atoms with Crippen molar-refractivity contribution >= 4 is 17.7 Å². The Bertz CT molecular complexity index is 1130. The zero-order chi connectivity index (χ0) is 23.4. The first-order valence-corrected chi connectivity index (χ1v) is 9.85. The third kappa shape index (κ3) is 5.05. The van der Waals surface area contributed by atoms with Crippen molar-refractivity contribution in [2.75, 3.05) is 31.1 Å². The second-order valence-corrected chi connectivity index (χ2v) is 7.03. The molecule has 33 heavy (non-hydrogen) atoms. The maximum Gasteiger partial charge on any atom is 0.417 e. The van der Waals surface area contributed by atoms with E-state index >= 15 is 0 Å². The third-order valence-corrected chi connectivity index (χ3v) is 4.95. The van der Waals surface area contributed by atoms with Gasteiger partial charge in [0, 0.05) is 38.6 Å². The summed E-state index contributed by atoms with van der Waals surface area (Å²) in [5, 5.41) is 7.90. The van der Waals surface area contributed by atoms with Crippen molar-refractivity contribution in [1.29, 1.82) is 0 Å². The first kappa shape index (κ1) is 22.1. The molecule has 0 spiro atoms. The van der Waals surface area contributed by atoms with Crippen LogP contribution in [-0.2, 0) is 6.18 Å². The first-order valence-electron chi connectivity index (χ1n) is 9.85. The zero-order valence-corrected chi connectivity index (χ0v) is 17.1. The van der Waals surface area contributed by atoms with Gasteiger partial charge >= 0.3 is 12.1 Å². The highest BCUT2D eigenvalue weighted by atomic mass is 19.4. The predicted molar refractivity (Wildman–Crippen MR) is 109 cm³/mol. The third-order valence-electron chi connectivity index (χ3n) is 4.95. The second kappa shape index (κ2) is 9.18. The maximum absolute atomic E-state index is 13.2. The van der Waals surface area contributed by atoms with E-state index in [9.17, 15) is 22.8 Å². The van der Waals surface area contributed by atoms with Crippen LogP contribution in [-0.4, -0.2) is 63.1 Å². The molecule has 1 saturated heterocycles. The molecule has 1 aromatic carbocycles. The van der Waals surface area contributed by atoms with E-state index in [0.29, 0.717) is 18.9 Å². The summed E-state index contributed by atoms with van der Waals surface area (Å²) in [6, 6.07) is 7.76. The Morgan fingerprint density at radius 3 is 2.33 bits per heavy atom. The van der Waals surface area contributed by atoms with Crippen molar-refractivity contribution in [2.45, 2.75) is 6.18 Å². The first-order chi connectivity index (χ1) is 15.8. The van der Waals surface area contributed by atoms with Crippen LogP contribution in [0.3, 0.4) is 0 Å². The average molecular weight is 458 g/mol. The summed E-state index contributed by atoms with van der Waals surface area (Å²) in [6.07, 6.45) is -0.509. The maximum atomic E-state index is 13.2. The van der Waals surface area contributed by atoms with E-state index in [1.165, 1.54) is 47.8 Å². The molecule has 0 radical (unpaired) electrons. The molecule has 3 heterocycles. The number of carbonyl (C=O) groups excluding carboxylic acids is 2. The number of alkyl halides is 3. The molecular weight excluding hydrogens is 441 g/mol. The number of nitrogens with zero attached hydrogens (tertiary/aromatic N) is 6. The summed E-state index contributed by atoms with van der Waals surface area (Å²) < 4.78 is 44.8. The number of rotatable bonds is 4. The molecule has 3 aromatic rings. The lowest BCUT2D eigenvalue weighted by Gasteiger charge is -2.35. The van der Waals surface area contributed by atoms with Crippen LogP contribution < -0.4 is 9.64 Å². The fourth-order valence-corrected chi connectivity index (χ4v) is 3.31. The van der Waals surface area contributed by atoms with Crippen LogP contribution in [0.25, 0.3) is 0 Å².